The molecule has 2 rings (SSSR count). The molecule has 6 nitrogen and oxygen atoms in total. The van der Waals surface area contributed by atoms with Crippen LogP contribution < -0.4 is 14.8 Å². The Balaban J connectivity index is 1.75. The summed E-state index contributed by atoms with van der Waals surface area (Å²) in [7, 11) is 1.41. The molecule has 2 aromatic carbocycles. The van der Waals surface area contributed by atoms with Crippen LogP contribution in [0.5, 0.6) is 11.5 Å². The first-order chi connectivity index (χ1) is 16.4. The SMILES string of the molecule is COC(=O)C(C)(C)CCCOc1ccc(NC(=O)C(C)(C)CCCOc2cc(C)ccc2C)cc1. The van der Waals surface area contributed by atoms with Crippen LogP contribution in [0.1, 0.15) is 64.5 Å². The number of nitrogens with one attached hydrogen (secondary N) is 1. The van der Waals surface area contributed by atoms with Crippen LogP contribution in [0, 0.1) is 24.7 Å². The molecule has 0 atom stereocenters. The van der Waals surface area contributed by atoms with E-state index in [9.17, 15) is 9.59 Å². The third-order valence-corrected chi connectivity index (χ3v) is 6.23. The Labute approximate surface area is 210 Å². The maximum absolute atomic E-state index is 12.8. The summed E-state index contributed by atoms with van der Waals surface area (Å²) >= 11 is 0. The third-order valence-electron chi connectivity index (χ3n) is 6.23. The lowest BCUT2D eigenvalue weighted by atomic mass is 9.87. The van der Waals surface area contributed by atoms with Crippen molar-refractivity contribution in [2.75, 3.05) is 25.6 Å². The van der Waals surface area contributed by atoms with Gasteiger partial charge < -0.3 is 19.5 Å². The van der Waals surface area contributed by atoms with Crippen LogP contribution in [-0.2, 0) is 14.3 Å². The molecule has 0 radical (unpaired) electrons. The highest BCUT2D eigenvalue weighted by atomic mass is 16.5. The molecule has 1 amide bonds. The molecule has 192 valence electrons. The zero-order valence-corrected chi connectivity index (χ0v) is 22.3. The second-order valence-electron chi connectivity index (χ2n) is 10.4. The van der Waals surface area contributed by atoms with Crippen molar-refractivity contribution in [2.45, 2.75) is 67.2 Å². The number of rotatable bonds is 13. The van der Waals surface area contributed by atoms with Gasteiger partial charge in [0.2, 0.25) is 5.91 Å². The van der Waals surface area contributed by atoms with E-state index < -0.39 is 10.8 Å². The Morgan fingerprint density at radius 3 is 2.06 bits per heavy atom. The molecule has 0 fully saturated rings. The number of aryl methyl sites for hydroxylation is 2. The van der Waals surface area contributed by atoms with E-state index in [2.05, 4.69) is 17.4 Å². The van der Waals surface area contributed by atoms with Crippen molar-refractivity contribution in [3.63, 3.8) is 0 Å². The molecule has 0 aromatic heterocycles. The zero-order chi connectivity index (χ0) is 26.1. The molecule has 35 heavy (non-hydrogen) atoms. The summed E-state index contributed by atoms with van der Waals surface area (Å²) in [6, 6.07) is 13.5. The highest BCUT2D eigenvalue weighted by molar-refractivity contribution is 5.94. The number of hydrogen-bond acceptors (Lipinski definition) is 5. The second-order valence-corrected chi connectivity index (χ2v) is 10.4. The first kappa shape index (κ1) is 28.2. The first-order valence-electron chi connectivity index (χ1n) is 12.3. The van der Waals surface area contributed by atoms with E-state index in [0.717, 1.165) is 35.6 Å². The predicted molar refractivity (Wildman–Crippen MR) is 140 cm³/mol. The monoisotopic (exact) mass is 483 g/mol. The Hall–Kier alpha value is -3.02. The van der Waals surface area contributed by atoms with Crippen LogP contribution >= 0.6 is 0 Å². The van der Waals surface area contributed by atoms with Gasteiger partial charge >= 0.3 is 5.97 Å². The van der Waals surface area contributed by atoms with Crippen molar-refractivity contribution in [3.05, 3.63) is 53.6 Å². The van der Waals surface area contributed by atoms with Gasteiger partial charge in [-0.05, 0) is 94.8 Å². The van der Waals surface area contributed by atoms with E-state index in [-0.39, 0.29) is 11.9 Å². The summed E-state index contributed by atoms with van der Waals surface area (Å²) in [5.41, 5.74) is 1.97. The molecule has 0 aliphatic heterocycles. The molecule has 2 aromatic rings. The molecular weight excluding hydrogens is 442 g/mol. The van der Waals surface area contributed by atoms with Crippen molar-refractivity contribution < 1.29 is 23.8 Å². The van der Waals surface area contributed by atoms with E-state index in [1.54, 1.807) is 0 Å². The molecule has 0 heterocycles. The van der Waals surface area contributed by atoms with E-state index in [1.165, 1.54) is 12.7 Å². The minimum Gasteiger partial charge on any atom is -0.494 e. The number of benzene rings is 2. The van der Waals surface area contributed by atoms with Crippen molar-refractivity contribution in [3.8, 4) is 11.5 Å². The summed E-state index contributed by atoms with van der Waals surface area (Å²) in [4.78, 5) is 24.6. The number of hydrogen-bond donors (Lipinski definition) is 1. The van der Waals surface area contributed by atoms with Gasteiger partial charge in [-0.1, -0.05) is 26.0 Å². The Morgan fingerprint density at radius 2 is 1.43 bits per heavy atom. The Bertz CT molecular complexity index is 979. The van der Waals surface area contributed by atoms with E-state index in [4.69, 9.17) is 14.2 Å². The predicted octanol–water partition coefficient (Wildman–Crippen LogP) is 6.49. The van der Waals surface area contributed by atoms with Gasteiger partial charge in [-0.25, -0.2) is 0 Å². The van der Waals surface area contributed by atoms with Crippen molar-refractivity contribution in [1.82, 2.24) is 0 Å². The maximum Gasteiger partial charge on any atom is 0.311 e. The Morgan fingerprint density at radius 1 is 0.829 bits per heavy atom. The van der Waals surface area contributed by atoms with Crippen LogP contribution in [0.4, 0.5) is 5.69 Å². The number of carbonyl (C=O) groups excluding carboxylic acids is 2. The fraction of sp³-hybridized carbons (Fsp3) is 0.517. The Kier molecular flexibility index (Phi) is 10.2. The van der Waals surface area contributed by atoms with Crippen LogP contribution in [-0.4, -0.2) is 32.2 Å². The van der Waals surface area contributed by atoms with Crippen LogP contribution in [0.15, 0.2) is 42.5 Å². The molecule has 0 bridgehead atoms. The van der Waals surface area contributed by atoms with Gasteiger partial charge in [0.05, 0.1) is 25.7 Å². The van der Waals surface area contributed by atoms with Gasteiger partial charge in [0.15, 0.2) is 0 Å². The number of methoxy groups -OCH3 is 1. The molecule has 0 aliphatic rings. The minimum absolute atomic E-state index is 0.0250. The molecule has 0 unspecified atom stereocenters. The molecule has 1 N–H and O–H groups in total. The van der Waals surface area contributed by atoms with Gasteiger partial charge in [-0.15, -0.1) is 0 Å². The van der Waals surface area contributed by atoms with Crippen LogP contribution in [0.2, 0.25) is 0 Å². The smallest absolute Gasteiger partial charge is 0.311 e. The number of anilines is 1. The van der Waals surface area contributed by atoms with Crippen molar-refractivity contribution in [2.24, 2.45) is 10.8 Å². The molecule has 6 heteroatoms. The number of ether oxygens (including phenoxy) is 3. The summed E-state index contributed by atoms with van der Waals surface area (Å²) in [5, 5.41) is 3.00. The second kappa shape index (κ2) is 12.6. The molecule has 0 aliphatic carbocycles. The van der Waals surface area contributed by atoms with Crippen LogP contribution in [0.3, 0.4) is 0 Å². The average Bonchev–Trinajstić information content (AvgIpc) is 2.82. The highest BCUT2D eigenvalue weighted by Gasteiger charge is 2.28. The number of carbonyl (C=O) groups is 2. The topological polar surface area (TPSA) is 73.9 Å². The number of amides is 1. The average molecular weight is 484 g/mol. The first-order valence-corrected chi connectivity index (χ1v) is 12.3. The highest BCUT2D eigenvalue weighted by Crippen LogP contribution is 2.27. The fourth-order valence-corrected chi connectivity index (χ4v) is 3.69. The lowest BCUT2D eigenvalue weighted by Crippen LogP contribution is -2.31. The largest absolute Gasteiger partial charge is 0.494 e. The lowest BCUT2D eigenvalue weighted by Gasteiger charge is -2.24. The maximum atomic E-state index is 12.8. The molecule has 0 saturated carbocycles. The van der Waals surface area contributed by atoms with Gasteiger partial charge in [-0.2, -0.15) is 0 Å². The van der Waals surface area contributed by atoms with Crippen molar-refractivity contribution in [1.29, 1.82) is 0 Å². The van der Waals surface area contributed by atoms with E-state index >= 15 is 0 Å². The summed E-state index contributed by atoms with van der Waals surface area (Å²) in [6.07, 6.45) is 2.92. The summed E-state index contributed by atoms with van der Waals surface area (Å²) in [5.74, 6) is 1.39. The van der Waals surface area contributed by atoms with E-state index in [0.29, 0.717) is 26.1 Å². The molecule has 0 spiro atoms. The number of esters is 1. The van der Waals surface area contributed by atoms with E-state index in [1.807, 2.05) is 71.9 Å². The zero-order valence-electron chi connectivity index (χ0n) is 22.3. The summed E-state index contributed by atoms with van der Waals surface area (Å²) < 4.78 is 16.5. The molecular formula is C29H41NO5. The van der Waals surface area contributed by atoms with Gasteiger partial charge in [0, 0.05) is 11.1 Å². The van der Waals surface area contributed by atoms with Gasteiger partial charge in [0.1, 0.15) is 11.5 Å². The molecule has 0 saturated heterocycles. The third kappa shape index (κ3) is 8.93. The quantitative estimate of drug-likeness (QED) is 0.260. The minimum atomic E-state index is -0.523. The van der Waals surface area contributed by atoms with Crippen LogP contribution in [0.25, 0.3) is 0 Å². The van der Waals surface area contributed by atoms with Crippen molar-refractivity contribution >= 4 is 17.6 Å². The lowest BCUT2D eigenvalue weighted by molar-refractivity contribution is -0.151. The van der Waals surface area contributed by atoms with Gasteiger partial charge in [-0.3, -0.25) is 9.59 Å². The fourth-order valence-electron chi connectivity index (χ4n) is 3.69. The standard InChI is InChI=1S/C29H41NO5/c1-21-10-11-22(2)25(20-21)35-19-8-16-28(3,4)26(31)30-23-12-14-24(15-13-23)34-18-9-17-29(5,6)27(32)33-7/h10-15,20H,8-9,16-19H2,1-7H3,(H,30,31). The van der Waals surface area contributed by atoms with Gasteiger partial charge in [0.25, 0.3) is 0 Å². The summed E-state index contributed by atoms with van der Waals surface area (Å²) in [6.45, 7) is 12.8. The normalized spacial score (nSPS) is 11.6.